The summed E-state index contributed by atoms with van der Waals surface area (Å²) in [6, 6.07) is 9.72. The van der Waals surface area contributed by atoms with E-state index in [1.165, 1.54) is 0 Å². The molecule has 0 atom stereocenters. The first-order valence-corrected chi connectivity index (χ1v) is 6.54. The van der Waals surface area contributed by atoms with Gasteiger partial charge in [0, 0.05) is 17.1 Å². The highest BCUT2D eigenvalue weighted by atomic mass is 16.6. The average molecular weight is 268 g/mol. The number of H-pyrrole nitrogens is 1. The van der Waals surface area contributed by atoms with Crippen LogP contribution in [0.15, 0.2) is 36.5 Å². The largest absolute Gasteiger partial charge is 0.456 e. The zero-order valence-electron chi connectivity index (χ0n) is 11.7. The lowest BCUT2D eigenvalue weighted by atomic mass is 10.2. The molecule has 0 fully saturated rings. The van der Waals surface area contributed by atoms with Crippen LogP contribution in [-0.4, -0.2) is 21.5 Å². The summed E-state index contributed by atoms with van der Waals surface area (Å²) < 4.78 is 5.35. The number of pyridine rings is 1. The summed E-state index contributed by atoms with van der Waals surface area (Å²) in [5, 5.41) is 1.05. The minimum atomic E-state index is -0.507. The molecule has 0 aliphatic carbocycles. The zero-order valence-corrected chi connectivity index (χ0v) is 11.7. The summed E-state index contributed by atoms with van der Waals surface area (Å²) >= 11 is 0. The van der Waals surface area contributed by atoms with Gasteiger partial charge in [-0.3, -0.25) is 4.98 Å². The number of carbonyl (C=O) groups is 1. The smallest absolute Gasteiger partial charge is 0.340 e. The SMILES string of the molecule is CC(C)(C)OC(=O)c1cnc2c(c1)[nH]c1ccccc12. The highest BCUT2D eigenvalue weighted by molar-refractivity contribution is 6.06. The second-order valence-corrected chi connectivity index (χ2v) is 5.79. The van der Waals surface area contributed by atoms with E-state index in [2.05, 4.69) is 9.97 Å². The number of esters is 1. The molecule has 2 heterocycles. The first kappa shape index (κ1) is 12.7. The van der Waals surface area contributed by atoms with Crippen molar-refractivity contribution in [2.45, 2.75) is 26.4 Å². The van der Waals surface area contributed by atoms with Crippen LogP contribution in [0.3, 0.4) is 0 Å². The van der Waals surface area contributed by atoms with Crippen molar-refractivity contribution in [1.82, 2.24) is 9.97 Å². The molecule has 3 rings (SSSR count). The van der Waals surface area contributed by atoms with Crippen molar-refractivity contribution in [3.63, 3.8) is 0 Å². The lowest BCUT2D eigenvalue weighted by Crippen LogP contribution is -2.23. The standard InChI is InChI=1S/C16H16N2O2/c1-16(2,3)20-15(19)10-8-13-14(17-9-10)11-6-4-5-7-12(11)18-13/h4-9,18H,1-3H3. The van der Waals surface area contributed by atoms with Crippen molar-refractivity contribution < 1.29 is 9.53 Å². The van der Waals surface area contributed by atoms with E-state index in [9.17, 15) is 4.79 Å². The highest BCUT2D eigenvalue weighted by Crippen LogP contribution is 2.24. The Hall–Kier alpha value is -2.36. The fraction of sp³-hybridized carbons (Fsp3) is 0.250. The lowest BCUT2D eigenvalue weighted by Gasteiger charge is -2.19. The number of benzene rings is 1. The van der Waals surface area contributed by atoms with Crippen molar-refractivity contribution in [3.05, 3.63) is 42.1 Å². The van der Waals surface area contributed by atoms with Gasteiger partial charge in [-0.1, -0.05) is 18.2 Å². The van der Waals surface area contributed by atoms with Gasteiger partial charge in [0.25, 0.3) is 0 Å². The van der Waals surface area contributed by atoms with E-state index in [0.29, 0.717) is 5.56 Å². The van der Waals surface area contributed by atoms with Gasteiger partial charge in [0.1, 0.15) is 5.60 Å². The van der Waals surface area contributed by atoms with Gasteiger partial charge in [0.2, 0.25) is 0 Å². The number of hydrogen-bond acceptors (Lipinski definition) is 3. The van der Waals surface area contributed by atoms with Crippen LogP contribution in [-0.2, 0) is 4.74 Å². The van der Waals surface area contributed by atoms with E-state index in [0.717, 1.165) is 21.9 Å². The number of nitrogens with one attached hydrogen (secondary N) is 1. The molecule has 0 spiro atoms. The van der Waals surface area contributed by atoms with Gasteiger partial charge >= 0.3 is 5.97 Å². The Bertz CT molecular complexity index is 797. The van der Waals surface area contributed by atoms with Crippen molar-refractivity contribution in [2.24, 2.45) is 0 Å². The molecule has 4 nitrogen and oxygen atoms in total. The first-order chi connectivity index (χ1) is 9.44. The number of aromatic amines is 1. The quantitative estimate of drug-likeness (QED) is 0.685. The molecule has 0 saturated heterocycles. The van der Waals surface area contributed by atoms with Gasteiger partial charge in [-0.05, 0) is 32.9 Å². The van der Waals surface area contributed by atoms with Crippen LogP contribution in [0.5, 0.6) is 0 Å². The molecule has 0 bridgehead atoms. The van der Waals surface area contributed by atoms with Gasteiger partial charge in [0.15, 0.2) is 0 Å². The number of aromatic nitrogens is 2. The number of nitrogens with zero attached hydrogens (tertiary/aromatic N) is 1. The Morgan fingerprint density at radius 2 is 1.95 bits per heavy atom. The predicted molar refractivity (Wildman–Crippen MR) is 78.8 cm³/mol. The third kappa shape index (κ3) is 2.25. The molecule has 0 aliphatic heterocycles. The fourth-order valence-electron chi connectivity index (χ4n) is 2.17. The number of carbonyl (C=O) groups excluding carboxylic acids is 1. The molecule has 0 saturated carbocycles. The maximum atomic E-state index is 12.0. The molecule has 0 amide bonds. The van der Waals surface area contributed by atoms with Gasteiger partial charge in [-0.25, -0.2) is 4.79 Å². The molecule has 1 aromatic carbocycles. The van der Waals surface area contributed by atoms with Crippen LogP contribution < -0.4 is 0 Å². The molecule has 0 radical (unpaired) electrons. The number of para-hydroxylation sites is 1. The number of rotatable bonds is 1. The Morgan fingerprint density at radius 3 is 2.70 bits per heavy atom. The van der Waals surface area contributed by atoms with Gasteiger partial charge in [0.05, 0.1) is 16.6 Å². The van der Waals surface area contributed by atoms with E-state index in [-0.39, 0.29) is 5.97 Å². The van der Waals surface area contributed by atoms with Crippen LogP contribution in [0.2, 0.25) is 0 Å². The van der Waals surface area contributed by atoms with Crippen molar-refractivity contribution in [1.29, 1.82) is 0 Å². The Kier molecular flexibility index (Phi) is 2.74. The van der Waals surface area contributed by atoms with Crippen molar-refractivity contribution in [2.75, 3.05) is 0 Å². The summed E-state index contributed by atoms with van der Waals surface area (Å²) in [6.45, 7) is 5.54. The topological polar surface area (TPSA) is 55.0 Å². The van der Waals surface area contributed by atoms with Gasteiger partial charge in [-0.15, -0.1) is 0 Å². The summed E-state index contributed by atoms with van der Waals surface area (Å²) in [4.78, 5) is 19.7. The number of hydrogen-bond donors (Lipinski definition) is 1. The van der Waals surface area contributed by atoms with Crippen LogP contribution in [0.4, 0.5) is 0 Å². The third-order valence-electron chi connectivity index (χ3n) is 2.97. The minimum absolute atomic E-state index is 0.356. The molecule has 20 heavy (non-hydrogen) atoms. The van der Waals surface area contributed by atoms with E-state index in [1.54, 1.807) is 12.3 Å². The van der Waals surface area contributed by atoms with E-state index >= 15 is 0 Å². The van der Waals surface area contributed by atoms with Gasteiger partial charge < -0.3 is 9.72 Å². The number of fused-ring (bicyclic) bond motifs is 3. The third-order valence-corrected chi connectivity index (χ3v) is 2.97. The second-order valence-electron chi connectivity index (χ2n) is 5.79. The Labute approximate surface area is 116 Å². The van der Waals surface area contributed by atoms with Crippen LogP contribution in [0, 0.1) is 0 Å². The molecule has 2 aromatic heterocycles. The second kappa shape index (κ2) is 4.34. The molecule has 1 N–H and O–H groups in total. The monoisotopic (exact) mass is 268 g/mol. The maximum absolute atomic E-state index is 12.0. The fourth-order valence-corrected chi connectivity index (χ4v) is 2.17. The van der Waals surface area contributed by atoms with Crippen LogP contribution >= 0.6 is 0 Å². The molecule has 3 aromatic rings. The van der Waals surface area contributed by atoms with Crippen molar-refractivity contribution in [3.8, 4) is 0 Å². The zero-order chi connectivity index (χ0) is 14.3. The average Bonchev–Trinajstić information content (AvgIpc) is 2.74. The summed E-state index contributed by atoms with van der Waals surface area (Å²) in [7, 11) is 0. The predicted octanol–water partition coefficient (Wildman–Crippen LogP) is 3.67. The Morgan fingerprint density at radius 1 is 1.20 bits per heavy atom. The first-order valence-electron chi connectivity index (χ1n) is 6.54. The van der Waals surface area contributed by atoms with Crippen LogP contribution in [0.1, 0.15) is 31.1 Å². The highest BCUT2D eigenvalue weighted by Gasteiger charge is 2.19. The van der Waals surface area contributed by atoms with E-state index in [1.807, 2.05) is 45.0 Å². The summed E-state index contributed by atoms with van der Waals surface area (Å²) in [6.07, 6.45) is 1.57. The maximum Gasteiger partial charge on any atom is 0.340 e. The van der Waals surface area contributed by atoms with Crippen LogP contribution in [0.25, 0.3) is 21.9 Å². The molecular weight excluding hydrogens is 252 g/mol. The number of ether oxygens (including phenoxy) is 1. The molecule has 4 heteroatoms. The van der Waals surface area contributed by atoms with Gasteiger partial charge in [-0.2, -0.15) is 0 Å². The minimum Gasteiger partial charge on any atom is -0.456 e. The molecule has 0 aliphatic rings. The van der Waals surface area contributed by atoms with E-state index in [4.69, 9.17) is 4.74 Å². The normalized spacial score (nSPS) is 11.9. The molecule has 102 valence electrons. The summed E-state index contributed by atoms with van der Waals surface area (Å²) in [5.41, 5.74) is 2.67. The summed E-state index contributed by atoms with van der Waals surface area (Å²) in [5.74, 6) is -0.356. The van der Waals surface area contributed by atoms with E-state index < -0.39 is 5.60 Å². The molecule has 0 unspecified atom stereocenters. The Balaban J connectivity index is 2.07. The molecular formula is C16H16N2O2. The lowest BCUT2D eigenvalue weighted by molar-refractivity contribution is 0.00693. The van der Waals surface area contributed by atoms with Crippen molar-refractivity contribution >= 4 is 27.9 Å².